The smallest absolute Gasteiger partial charge is 0.319 e. The first kappa shape index (κ1) is 30.6. The van der Waals surface area contributed by atoms with Gasteiger partial charge in [0.2, 0.25) is 0 Å². The number of halogens is 5. The molecular formula is C33H34Cl2F3N5O2. The zero-order valence-electron chi connectivity index (χ0n) is 25.0. The number of phenolic OH excluding ortho intramolecular Hbond substituents is 1. The number of ether oxygens (including phenoxy) is 1. The molecule has 0 amide bonds. The van der Waals surface area contributed by atoms with Crippen molar-refractivity contribution in [1.82, 2.24) is 20.2 Å². The molecule has 3 aliphatic rings. The number of aromatic nitrogens is 2. The average molecular weight is 661 g/mol. The summed E-state index contributed by atoms with van der Waals surface area (Å²) < 4.78 is 53.7. The van der Waals surface area contributed by atoms with Gasteiger partial charge in [-0.1, -0.05) is 42.3 Å². The number of alkyl halides is 1. The number of benzene rings is 3. The van der Waals surface area contributed by atoms with Crippen molar-refractivity contribution in [2.24, 2.45) is 0 Å². The monoisotopic (exact) mass is 659 g/mol. The molecule has 4 heterocycles. The van der Waals surface area contributed by atoms with E-state index in [1.165, 1.54) is 12.1 Å². The van der Waals surface area contributed by atoms with E-state index in [4.69, 9.17) is 32.9 Å². The van der Waals surface area contributed by atoms with E-state index in [2.05, 4.69) is 29.0 Å². The molecule has 2 N–H and O–H groups in total. The van der Waals surface area contributed by atoms with Gasteiger partial charge in [-0.25, -0.2) is 13.2 Å². The van der Waals surface area contributed by atoms with Crippen LogP contribution in [0.15, 0.2) is 30.3 Å². The maximum absolute atomic E-state index is 16.8. The van der Waals surface area contributed by atoms with E-state index in [1.54, 1.807) is 18.2 Å². The Hall–Kier alpha value is -3.05. The Morgan fingerprint density at radius 1 is 1.13 bits per heavy atom. The lowest BCUT2D eigenvalue weighted by Gasteiger charge is -2.38. The summed E-state index contributed by atoms with van der Waals surface area (Å²) in [5.41, 5.74) is -0.951. The van der Waals surface area contributed by atoms with Crippen molar-refractivity contribution in [3.8, 4) is 22.9 Å². The number of nitrogens with zero attached hydrogens (tertiary/aromatic N) is 4. The van der Waals surface area contributed by atoms with Gasteiger partial charge < -0.3 is 20.1 Å². The minimum absolute atomic E-state index is 0.0271. The molecule has 0 radical (unpaired) electrons. The van der Waals surface area contributed by atoms with E-state index in [0.717, 1.165) is 25.8 Å². The molecule has 45 heavy (non-hydrogen) atoms. The van der Waals surface area contributed by atoms with Crippen LogP contribution in [0.3, 0.4) is 0 Å². The van der Waals surface area contributed by atoms with Gasteiger partial charge in [-0.2, -0.15) is 9.97 Å². The third-order valence-electron chi connectivity index (χ3n) is 9.62. The van der Waals surface area contributed by atoms with Crippen LogP contribution in [0.2, 0.25) is 10.0 Å². The molecule has 3 fully saturated rings. The van der Waals surface area contributed by atoms with Crippen LogP contribution in [-0.4, -0.2) is 76.6 Å². The molecule has 4 atom stereocenters. The predicted molar refractivity (Wildman–Crippen MR) is 172 cm³/mol. The normalized spacial score (nSPS) is 25.4. The summed E-state index contributed by atoms with van der Waals surface area (Å²) >= 11 is 12.9. The Bertz CT molecular complexity index is 1810. The highest BCUT2D eigenvalue weighted by Crippen LogP contribution is 2.46. The molecule has 3 saturated heterocycles. The van der Waals surface area contributed by atoms with Crippen LogP contribution in [0, 0.1) is 11.6 Å². The van der Waals surface area contributed by atoms with Gasteiger partial charge >= 0.3 is 6.01 Å². The molecule has 7 nitrogen and oxygen atoms in total. The lowest BCUT2D eigenvalue weighted by Crippen LogP contribution is -2.55. The summed E-state index contributed by atoms with van der Waals surface area (Å²) in [6.45, 7) is 6.59. The van der Waals surface area contributed by atoms with E-state index in [0.29, 0.717) is 42.6 Å². The fourth-order valence-corrected chi connectivity index (χ4v) is 8.04. The fraction of sp³-hybridized carbons (Fsp3) is 0.455. The lowest BCUT2D eigenvalue weighted by molar-refractivity contribution is 0.107. The van der Waals surface area contributed by atoms with Gasteiger partial charge in [0.05, 0.1) is 16.1 Å². The Labute approximate surface area is 269 Å². The summed E-state index contributed by atoms with van der Waals surface area (Å²) in [6.07, 6.45) is 2.02. The van der Waals surface area contributed by atoms with E-state index >= 15 is 8.78 Å². The maximum atomic E-state index is 16.8. The molecular weight excluding hydrogens is 626 g/mol. The third kappa shape index (κ3) is 5.23. The second-order valence-electron chi connectivity index (χ2n) is 12.6. The van der Waals surface area contributed by atoms with Gasteiger partial charge in [0.1, 0.15) is 35.7 Å². The summed E-state index contributed by atoms with van der Waals surface area (Å²) in [5, 5.41) is 15.3. The number of nitrogens with one attached hydrogen (secondary N) is 1. The summed E-state index contributed by atoms with van der Waals surface area (Å²) in [6, 6.07) is 7.51. The van der Waals surface area contributed by atoms with Gasteiger partial charge in [0.25, 0.3) is 0 Å². The topological polar surface area (TPSA) is 73.8 Å². The van der Waals surface area contributed by atoms with Gasteiger partial charge in [-0.05, 0) is 50.9 Å². The first-order valence-electron chi connectivity index (χ1n) is 15.4. The predicted octanol–water partition coefficient (Wildman–Crippen LogP) is 7.27. The number of hydrogen-bond acceptors (Lipinski definition) is 7. The van der Waals surface area contributed by atoms with Crippen LogP contribution < -0.4 is 15.0 Å². The van der Waals surface area contributed by atoms with Crippen LogP contribution in [0.25, 0.3) is 32.8 Å². The number of phenols is 1. The zero-order valence-corrected chi connectivity index (χ0v) is 26.5. The van der Waals surface area contributed by atoms with E-state index in [1.807, 2.05) is 4.90 Å². The lowest BCUT2D eigenvalue weighted by atomic mass is 9.95. The van der Waals surface area contributed by atoms with Crippen LogP contribution in [-0.2, 0) is 0 Å². The van der Waals surface area contributed by atoms with Crippen LogP contribution in [0.1, 0.15) is 39.5 Å². The summed E-state index contributed by atoms with van der Waals surface area (Å²) in [5.74, 6) is -1.78. The molecule has 7 rings (SSSR count). The van der Waals surface area contributed by atoms with Crippen molar-refractivity contribution in [1.29, 1.82) is 0 Å². The van der Waals surface area contributed by atoms with Crippen molar-refractivity contribution in [2.75, 3.05) is 37.7 Å². The Morgan fingerprint density at radius 2 is 1.96 bits per heavy atom. The van der Waals surface area contributed by atoms with Crippen molar-refractivity contribution in [3.63, 3.8) is 0 Å². The molecule has 1 aromatic heterocycles. The Morgan fingerprint density at radius 3 is 2.76 bits per heavy atom. The minimum atomic E-state index is -0.943. The molecule has 4 aromatic rings. The molecule has 0 spiro atoms. The van der Waals surface area contributed by atoms with Gasteiger partial charge in [0.15, 0.2) is 5.82 Å². The van der Waals surface area contributed by atoms with Gasteiger partial charge in [-0.3, -0.25) is 4.90 Å². The van der Waals surface area contributed by atoms with E-state index in [9.17, 15) is 9.50 Å². The highest BCUT2D eigenvalue weighted by Gasteiger charge is 2.49. The molecule has 0 unspecified atom stereocenters. The number of piperazine rings is 1. The molecule has 0 aliphatic carbocycles. The third-order valence-corrected chi connectivity index (χ3v) is 10.3. The van der Waals surface area contributed by atoms with Crippen LogP contribution in [0.4, 0.5) is 19.0 Å². The molecule has 0 bridgehead atoms. The number of hydrogen-bond donors (Lipinski definition) is 2. The minimum Gasteiger partial charge on any atom is -0.506 e. The van der Waals surface area contributed by atoms with Crippen molar-refractivity contribution < 1.29 is 23.0 Å². The average Bonchev–Trinajstić information content (AvgIpc) is 3.53. The second kappa shape index (κ2) is 11.6. The molecule has 0 saturated carbocycles. The zero-order chi connectivity index (χ0) is 31.6. The Balaban J connectivity index is 1.40. The standard InChI is InChI=1S/C33H34Cl2F3N5O2/c1-3-19-15-42(13-17(2)39-19)31-22-10-24(37)27(21-11-25(44)28(35)20-6-4-7-23(34)26(20)21)29(38)30(22)40-32(41-31)45-16-33-8-5-9-43(33)14-18(36)12-33/h4,6-7,10-11,17-19,39,44H,3,5,8-9,12-16H2,1-2H3/t17-,18-,19-,33+/m1/s1. The highest BCUT2D eigenvalue weighted by molar-refractivity contribution is 6.41. The highest BCUT2D eigenvalue weighted by atomic mass is 35.5. The SMILES string of the molecule is CC[C@@H]1CN(c2nc(OC[C@@]34CCCN3C[C@H](F)C4)nc3c(F)c(-c4cc(O)c(Cl)c5cccc(Cl)c45)c(F)cc23)C[C@@H](C)N1. The van der Waals surface area contributed by atoms with E-state index in [-0.39, 0.29) is 57.0 Å². The van der Waals surface area contributed by atoms with E-state index < -0.39 is 28.9 Å². The maximum Gasteiger partial charge on any atom is 0.319 e. The number of fused-ring (bicyclic) bond motifs is 3. The van der Waals surface area contributed by atoms with Crippen molar-refractivity contribution >= 4 is 50.7 Å². The molecule has 3 aliphatic heterocycles. The molecule has 12 heteroatoms. The quantitative estimate of drug-likeness (QED) is 0.225. The van der Waals surface area contributed by atoms with Crippen molar-refractivity contribution in [2.45, 2.75) is 63.3 Å². The first-order valence-corrected chi connectivity index (χ1v) is 16.2. The second-order valence-corrected chi connectivity index (χ2v) is 13.4. The van der Waals surface area contributed by atoms with Crippen LogP contribution in [0.5, 0.6) is 11.8 Å². The fourth-order valence-electron chi connectivity index (χ4n) is 7.55. The summed E-state index contributed by atoms with van der Waals surface area (Å²) in [7, 11) is 0. The molecule has 238 valence electrons. The molecule has 3 aromatic carbocycles. The van der Waals surface area contributed by atoms with Gasteiger partial charge in [0, 0.05) is 64.9 Å². The largest absolute Gasteiger partial charge is 0.506 e. The summed E-state index contributed by atoms with van der Waals surface area (Å²) in [4.78, 5) is 13.4. The Kier molecular flexibility index (Phi) is 7.91. The number of rotatable bonds is 6. The first-order chi connectivity index (χ1) is 21.6. The van der Waals surface area contributed by atoms with Gasteiger partial charge in [-0.15, -0.1) is 0 Å². The number of aromatic hydroxyl groups is 1. The van der Waals surface area contributed by atoms with Crippen LogP contribution >= 0.6 is 23.2 Å². The number of anilines is 1. The van der Waals surface area contributed by atoms with Crippen molar-refractivity contribution in [3.05, 3.63) is 52.0 Å².